The SMILES string of the molecule is O=C(Nc1cccc(Br)c1)[C@H]1C[C@@H]1c1cc(Cl)cc(Cl)c1. The zero-order valence-electron chi connectivity index (χ0n) is 10.9. The largest absolute Gasteiger partial charge is 0.326 e. The number of carbonyl (C=O) groups is 1. The quantitative estimate of drug-likeness (QED) is 0.743. The Bertz CT molecular complexity index is 684. The Labute approximate surface area is 141 Å². The van der Waals surface area contributed by atoms with E-state index in [0.29, 0.717) is 10.0 Å². The van der Waals surface area contributed by atoms with Crippen LogP contribution in [0.2, 0.25) is 10.0 Å². The number of rotatable bonds is 3. The highest BCUT2D eigenvalue weighted by molar-refractivity contribution is 9.10. The number of anilines is 1. The van der Waals surface area contributed by atoms with Crippen LogP contribution in [0.25, 0.3) is 0 Å². The fourth-order valence-corrected chi connectivity index (χ4v) is 3.39. The summed E-state index contributed by atoms with van der Waals surface area (Å²) in [6.07, 6.45) is 0.830. The van der Waals surface area contributed by atoms with Gasteiger partial charge in [0.05, 0.1) is 0 Å². The van der Waals surface area contributed by atoms with E-state index in [4.69, 9.17) is 23.2 Å². The third-order valence-electron chi connectivity index (χ3n) is 3.53. The molecule has 2 aromatic carbocycles. The summed E-state index contributed by atoms with van der Waals surface area (Å²) in [6.45, 7) is 0. The van der Waals surface area contributed by atoms with Crippen molar-refractivity contribution >= 4 is 50.7 Å². The molecule has 21 heavy (non-hydrogen) atoms. The lowest BCUT2D eigenvalue weighted by molar-refractivity contribution is -0.117. The van der Waals surface area contributed by atoms with Crippen LogP contribution in [0.5, 0.6) is 0 Å². The molecule has 2 atom stereocenters. The number of hydrogen-bond donors (Lipinski definition) is 1. The maximum absolute atomic E-state index is 12.2. The molecular formula is C16H12BrCl2NO. The van der Waals surface area contributed by atoms with Crippen LogP contribution >= 0.6 is 39.1 Å². The molecule has 5 heteroatoms. The maximum atomic E-state index is 12.2. The molecule has 0 radical (unpaired) electrons. The van der Waals surface area contributed by atoms with Gasteiger partial charge in [-0.2, -0.15) is 0 Å². The summed E-state index contributed by atoms with van der Waals surface area (Å²) < 4.78 is 0.939. The average Bonchev–Trinajstić information content (AvgIpc) is 3.17. The zero-order valence-corrected chi connectivity index (χ0v) is 14.0. The van der Waals surface area contributed by atoms with Crippen molar-refractivity contribution in [3.05, 3.63) is 62.5 Å². The molecule has 2 aromatic rings. The predicted octanol–water partition coefficient (Wildman–Crippen LogP) is 5.50. The minimum atomic E-state index is -0.0153. The molecule has 0 saturated heterocycles. The van der Waals surface area contributed by atoms with Gasteiger partial charge in [0.1, 0.15) is 0 Å². The molecule has 1 fully saturated rings. The van der Waals surface area contributed by atoms with Crippen LogP contribution in [0, 0.1) is 5.92 Å². The summed E-state index contributed by atoms with van der Waals surface area (Å²) in [4.78, 5) is 12.2. The second kappa shape index (κ2) is 5.99. The van der Waals surface area contributed by atoms with E-state index in [1.807, 2.05) is 36.4 Å². The van der Waals surface area contributed by atoms with Gasteiger partial charge in [-0.15, -0.1) is 0 Å². The number of nitrogens with one attached hydrogen (secondary N) is 1. The second-order valence-corrected chi connectivity index (χ2v) is 6.94. The molecule has 1 N–H and O–H groups in total. The summed E-state index contributed by atoms with van der Waals surface area (Å²) >= 11 is 15.4. The lowest BCUT2D eigenvalue weighted by atomic mass is 10.1. The highest BCUT2D eigenvalue weighted by Gasteiger charge is 2.44. The molecule has 108 valence electrons. The Morgan fingerprint density at radius 1 is 1.14 bits per heavy atom. The predicted molar refractivity (Wildman–Crippen MR) is 90.1 cm³/mol. The van der Waals surface area contributed by atoms with Gasteiger partial charge in [-0.25, -0.2) is 0 Å². The minimum Gasteiger partial charge on any atom is -0.326 e. The summed E-state index contributed by atoms with van der Waals surface area (Å²) in [5.74, 6) is 0.223. The topological polar surface area (TPSA) is 29.1 Å². The molecule has 0 aliphatic heterocycles. The molecule has 2 nitrogen and oxygen atoms in total. The molecule has 1 aliphatic carbocycles. The Balaban J connectivity index is 1.68. The molecule has 0 unspecified atom stereocenters. The molecule has 0 bridgehead atoms. The van der Waals surface area contributed by atoms with E-state index < -0.39 is 0 Å². The molecule has 3 rings (SSSR count). The highest BCUT2D eigenvalue weighted by Crippen LogP contribution is 2.49. The van der Waals surface area contributed by atoms with E-state index in [2.05, 4.69) is 21.2 Å². The van der Waals surface area contributed by atoms with Crippen LogP contribution in [0.15, 0.2) is 46.9 Å². The fourth-order valence-electron chi connectivity index (χ4n) is 2.44. The monoisotopic (exact) mass is 383 g/mol. The van der Waals surface area contributed by atoms with E-state index in [-0.39, 0.29) is 17.7 Å². The van der Waals surface area contributed by atoms with Crippen molar-refractivity contribution in [2.45, 2.75) is 12.3 Å². The normalized spacial score (nSPS) is 20.1. The number of amides is 1. The molecule has 0 heterocycles. The van der Waals surface area contributed by atoms with Crippen molar-refractivity contribution in [2.75, 3.05) is 5.32 Å². The maximum Gasteiger partial charge on any atom is 0.228 e. The standard InChI is InChI=1S/C16H12BrCl2NO/c17-10-2-1-3-13(6-10)20-16(21)15-8-14(15)9-4-11(18)7-12(19)5-9/h1-7,14-15H,8H2,(H,20,21)/t14-,15+/m1/s1. The average molecular weight is 385 g/mol. The van der Waals surface area contributed by atoms with E-state index in [1.54, 1.807) is 6.07 Å². The van der Waals surface area contributed by atoms with Crippen molar-refractivity contribution in [3.8, 4) is 0 Å². The van der Waals surface area contributed by atoms with Gasteiger partial charge in [-0.3, -0.25) is 4.79 Å². The van der Waals surface area contributed by atoms with Crippen molar-refractivity contribution in [2.24, 2.45) is 5.92 Å². The van der Waals surface area contributed by atoms with Crippen molar-refractivity contribution in [3.63, 3.8) is 0 Å². The van der Waals surface area contributed by atoms with Gasteiger partial charge in [-0.05, 0) is 54.3 Å². The van der Waals surface area contributed by atoms with Gasteiger partial charge in [0.15, 0.2) is 0 Å². The molecule has 1 aliphatic rings. The molecule has 0 spiro atoms. The first kappa shape index (κ1) is 14.9. The third-order valence-corrected chi connectivity index (χ3v) is 4.46. The first-order valence-corrected chi connectivity index (χ1v) is 8.10. The van der Waals surface area contributed by atoms with Gasteiger partial charge in [0.25, 0.3) is 0 Å². The Kier molecular flexibility index (Phi) is 4.25. The van der Waals surface area contributed by atoms with Crippen molar-refractivity contribution in [1.82, 2.24) is 0 Å². The Hall–Kier alpha value is -1.03. The van der Waals surface area contributed by atoms with E-state index >= 15 is 0 Å². The van der Waals surface area contributed by atoms with Gasteiger partial charge in [0, 0.05) is 26.1 Å². The first-order chi connectivity index (χ1) is 10.0. The van der Waals surface area contributed by atoms with Crippen molar-refractivity contribution < 1.29 is 4.79 Å². The van der Waals surface area contributed by atoms with E-state index in [1.165, 1.54) is 0 Å². The Morgan fingerprint density at radius 3 is 2.52 bits per heavy atom. The van der Waals surface area contributed by atoms with Gasteiger partial charge < -0.3 is 5.32 Å². The Morgan fingerprint density at radius 2 is 1.86 bits per heavy atom. The minimum absolute atomic E-state index is 0.0153. The summed E-state index contributed by atoms with van der Waals surface area (Å²) in [7, 11) is 0. The van der Waals surface area contributed by atoms with Gasteiger partial charge >= 0.3 is 0 Å². The number of benzene rings is 2. The fraction of sp³-hybridized carbons (Fsp3) is 0.188. The highest BCUT2D eigenvalue weighted by atomic mass is 79.9. The number of carbonyl (C=O) groups excluding carboxylic acids is 1. The van der Waals surface area contributed by atoms with Crippen LogP contribution < -0.4 is 5.32 Å². The summed E-state index contributed by atoms with van der Waals surface area (Å²) in [5, 5.41) is 4.15. The van der Waals surface area contributed by atoms with E-state index in [0.717, 1.165) is 22.1 Å². The lowest BCUT2D eigenvalue weighted by Gasteiger charge is -2.06. The van der Waals surface area contributed by atoms with Crippen LogP contribution in [0.4, 0.5) is 5.69 Å². The molecule has 1 saturated carbocycles. The number of halogens is 3. The third kappa shape index (κ3) is 3.60. The summed E-state index contributed by atoms with van der Waals surface area (Å²) in [5.41, 5.74) is 1.83. The van der Waals surface area contributed by atoms with E-state index in [9.17, 15) is 4.79 Å². The summed E-state index contributed by atoms with van der Waals surface area (Å²) in [6, 6.07) is 13.0. The molecular weight excluding hydrogens is 373 g/mol. The van der Waals surface area contributed by atoms with Gasteiger partial charge in [0.2, 0.25) is 5.91 Å². The molecule has 1 amide bonds. The lowest BCUT2D eigenvalue weighted by Crippen LogP contribution is -2.14. The smallest absolute Gasteiger partial charge is 0.228 e. The van der Waals surface area contributed by atoms with Crippen molar-refractivity contribution in [1.29, 1.82) is 0 Å². The zero-order chi connectivity index (χ0) is 15.0. The van der Waals surface area contributed by atoms with Crippen LogP contribution in [0.3, 0.4) is 0 Å². The van der Waals surface area contributed by atoms with Crippen LogP contribution in [-0.2, 0) is 4.79 Å². The van der Waals surface area contributed by atoms with Crippen LogP contribution in [0.1, 0.15) is 17.9 Å². The van der Waals surface area contributed by atoms with Crippen LogP contribution in [-0.4, -0.2) is 5.91 Å². The number of hydrogen-bond acceptors (Lipinski definition) is 1. The van der Waals surface area contributed by atoms with Gasteiger partial charge in [-0.1, -0.05) is 45.2 Å². The first-order valence-electron chi connectivity index (χ1n) is 6.55. The molecule has 0 aromatic heterocycles. The second-order valence-electron chi connectivity index (χ2n) is 5.15.